The third kappa shape index (κ3) is 3.40. The van der Waals surface area contributed by atoms with Crippen molar-refractivity contribution >= 4 is 21.6 Å². The minimum absolute atomic E-state index is 0.0160. The maximum atomic E-state index is 12.7. The van der Waals surface area contributed by atoms with Gasteiger partial charge in [-0.05, 0) is 31.5 Å². The summed E-state index contributed by atoms with van der Waals surface area (Å²) in [6.45, 7) is 3.77. The van der Waals surface area contributed by atoms with Gasteiger partial charge in [-0.3, -0.25) is 0 Å². The summed E-state index contributed by atoms with van der Waals surface area (Å²) in [6.07, 6.45) is -3.56. The van der Waals surface area contributed by atoms with Crippen molar-refractivity contribution in [3.8, 4) is 0 Å². The highest BCUT2D eigenvalue weighted by atomic mass is 79.9. The predicted octanol–water partition coefficient (Wildman–Crippen LogP) is 4.68. The van der Waals surface area contributed by atoms with E-state index < -0.39 is 11.7 Å². The van der Waals surface area contributed by atoms with Crippen molar-refractivity contribution in [2.24, 2.45) is 0 Å². The maximum absolute atomic E-state index is 12.7. The lowest BCUT2D eigenvalue weighted by Gasteiger charge is -2.18. The van der Waals surface area contributed by atoms with E-state index >= 15 is 0 Å². The van der Waals surface area contributed by atoms with Crippen LogP contribution in [0.1, 0.15) is 25.8 Å². The Morgan fingerprint density at radius 2 is 2.00 bits per heavy atom. The molecular weight excluding hydrogens is 283 g/mol. The average molecular weight is 296 g/mol. The monoisotopic (exact) mass is 295 g/mol. The molecule has 0 aliphatic heterocycles. The van der Waals surface area contributed by atoms with Crippen LogP contribution in [0.2, 0.25) is 0 Å². The number of alkyl halides is 3. The quantitative estimate of drug-likeness (QED) is 0.854. The second-order valence-corrected chi connectivity index (χ2v) is 4.56. The number of anilines is 1. The lowest BCUT2D eigenvalue weighted by molar-refractivity contribution is -0.137. The van der Waals surface area contributed by atoms with E-state index in [-0.39, 0.29) is 11.7 Å². The second kappa shape index (κ2) is 5.08. The fourth-order valence-corrected chi connectivity index (χ4v) is 1.61. The summed E-state index contributed by atoms with van der Waals surface area (Å²) in [6, 6.07) is 4.14. The van der Waals surface area contributed by atoms with Crippen molar-refractivity contribution in [3.63, 3.8) is 0 Å². The third-order valence-corrected chi connectivity index (χ3v) is 2.79. The van der Waals surface area contributed by atoms with Gasteiger partial charge in [0.1, 0.15) is 0 Å². The standard InChI is InChI=1S/C11H13BrF3N/c1-3-7(2)16-10-5-4-8(12)6-9(10)11(13,14)15/h4-7,16H,3H2,1-2H3. The predicted molar refractivity (Wildman–Crippen MR) is 62.5 cm³/mol. The average Bonchev–Trinajstić information content (AvgIpc) is 2.19. The molecule has 0 fully saturated rings. The van der Waals surface area contributed by atoms with Crippen molar-refractivity contribution in [1.82, 2.24) is 0 Å². The maximum Gasteiger partial charge on any atom is 0.418 e. The van der Waals surface area contributed by atoms with Crippen LogP contribution >= 0.6 is 15.9 Å². The summed E-state index contributed by atoms with van der Waals surface area (Å²) < 4.78 is 38.6. The molecule has 1 unspecified atom stereocenters. The van der Waals surface area contributed by atoms with Gasteiger partial charge in [-0.1, -0.05) is 22.9 Å². The van der Waals surface area contributed by atoms with E-state index in [0.29, 0.717) is 4.47 Å². The molecule has 0 heterocycles. The zero-order valence-electron chi connectivity index (χ0n) is 9.03. The molecule has 1 atom stereocenters. The molecule has 90 valence electrons. The highest BCUT2D eigenvalue weighted by Crippen LogP contribution is 2.36. The van der Waals surface area contributed by atoms with Gasteiger partial charge in [0, 0.05) is 16.2 Å². The number of halogens is 4. The fraction of sp³-hybridized carbons (Fsp3) is 0.455. The number of nitrogens with one attached hydrogen (secondary N) is 1. The minimum Gasteiger partial charge on any atom is -0.382 e. The molecule has 0 aliphatic rings. The van der Waals surface area contributed by atoms with Crippen LogP contribution in [0, 0.1) is 0 Å². The van der Waals surface area contributed by atoms with Crippen molar-refractivity contribution in [1.29, 1.82) is 0 Å². The van der Waals surface area contributed by atoms with Gasteiger partial charge in [-0.15, -0.1) is 0 Å². The molecule has 0 spiro atoms. The van der Waals surface area contributed by atoms with Gasteiger partial charge in [-0.2, -0.15) is 13.2 Å². The second-order valence-electron chi connectivity index (χ2n) is 3.64. The lowest BCUT2D eigenvalue weighted by Crippen LogP contribution is -2.17. The van der Waals surface area contributed by atoms with E-state index in [2.05, 4.69) is 21.2 Å². The zero-order chi connectivity index (χ0) is 12.3. The number of hydrogen-bond acceptors (Lipinski definition) is 1. The van der Waals surface area contributed by atoms with Crippen LogP contribution in [0.15, 0.2) is 22.7 Å². The van der Waals surface area contributed by atoms with E-state index in [1.165, 1.54) is 6.07 Å². The van der Waals surface area contributed by atoms with Gasteiger partial charge in [0.25, 0.3) is 0 Å². The first-order valence-corrected chi connectivity index (χ1v) is 5.77. The van der Waals surface area contributed by atoms with Gasteiger partial charge < -0.3 is 5.32 Å². The molecule has 0 amide bonds. The summed E-state index contributed by atoms with van der Waals surface area (Å²) >= 11 is 3.04. The third-order valence-electron chi connectivity index (χ3n) is 2.30. The smallest absolute Gasteiger partial charge is 0.382 e. The van der Waals surface area contributed by atoms with Crippen molar-refractivity contribution in [2.75, 3.05) is 5.32 Å². The molecular formula is C11H13BrF3N. The fourth-order valence-electron chi connectivity index (χ4n) is 1.24. The molecule has 16 heavy (non-hydrogen) atoms. The highest BCUT2D eigenvalue weighted by Gasteiger charge is 2.33. The van der Waals surface area contributed by atoms with Crippen LogP contribution in [0.5, 0.6) is 0 Å². The number of hydrogen-bond donors (Lipinski definition) is 1. The molecule has 0 radical (unpaired) electrons. The van der Waals surface area contributed by atoms with E-state index in [0.717, 1.165) is 12.5 Å². The lowest BCUT2D eigenvalue weighted by atomic mass is 10.1. The number of rotatable bonds is 3. The first-order chi connectivity index (χ1) is 7.34. The van der Waals surface area contributed by atoms with E-state index in [4.69, 9.17) is 0 Å². The van der Waals surface area contributed by atoms with Gasteiger partial charge in [0.2, 0.25) is 0 Å². The van der Waals surface area contributed by atoms with Gasteiger partial charge in [0.05, 0.1) is 5.56 Å². The largest absolute Gasteiger partial charge is 0.418 e. The van der Waals surface area contributed by atoms with Crippen molar-refractivity contribution in [2.45, 2.75) is 32.5 Å². The van der Waals surface area contributed by atoms with Crippen molar-refractivity contribution in [3.05, 3.63) is 28.2 Å². The number of benzene rings is 1. The van der Waals surface area contributed by atoms with Crippen LogP contribution in [-0.2, 0) is 6.18 Å². The van der Waals surface area contributed by atoms with Crippen LogP contribution in [-0.4, -0.2) is 6.04 Å². The Kier molecular flexibility index (Phi) is 4.24. The Hall–Kier alpha value is -0.710. The van der Waals surface area contributed by atoms with Crippen LogP contribution in [0.3, 0.4) is 0 Å². The molecule has 1 nitrogen and oxygen atoms in total. The summed E-state index contributed by atoms with van der Waals surface area (Å²) in [5.41, 5.74) is -0.507. The molecule has 0 saturated heterocycles. The molecule has 0 aromatic heterocycles. The van der Waals surface area contributed by atoms with Crippen LogP contribution in [0.4, 0.5) is 18.9 Å². The Balaban J connectivity index is 3.08. The molecule has 1 aromatic carbocycles. The molecule has 0 bridgehead atoms. The Morgan fingerprint density at radius 1 is 1.38 bits per heavy atom. The van der Waals surface area contributed by atoms with Gasteiger partial charge in [0.15, 0.2) is 0 Å². The Bertz CT molecular complexity index is 363. The van der Waals surface area contributed by atoms with Crippen LogP contribution in [0.25, 0.3) is 0 Å². The highest BCUT2D eigenvalue weighted by molar-refractivity contribution is 9.10. The molecule has 1 N–H and O–H groups in total. The van der Waals surface area contributed by atoms with Gasteiger partial charge >= 0.3 is 6.18 Å². The topological polar surface area (TPSA) is 12.0 Å². The zero-order valence-corrected chi connectivity index (χ0v) is 10.6. The Morgan fingerprint density at radius 3 is 2.50 bits per heavy atom. The normalized spacial score (nSPS) is 13.6. The first-order valence-electron chi connectivity index (χ1n) is 4.98. The molecule has 1 rings (SSSR count). The SMILES string of the molecule is CCC(C)Nc1ccc(Br)cc1C(F)(F)F. The summed E-state index contributed by atoms with van der Waals surface area (Å²) in [5.74, 6) is 0. The van der Waals surface area contributed by atoms with E-state index in [9.17, 15) is 13.2 Å². The van der Waals surface area contributed by atoms with Crippen molar-refractivity contribution < 1.29 is 13.2 Å². The van der Waals surface area contributed by atoms with Crippen LogP contribution < -0.4 is 5.32 Å². The van der Waals surface area contributed by atoms with E-state index in [1.54, 1.807) is 6.07 Å². The summed E-state index contributed by atoms with van der Waals surface area (Å²) in [5, 5.41) is 2.85. The van der Waals surface area contributed by atoms with E-state index in [1.807, 2.05) is 13.8 Å². The Labute approximate surface area is 101 Å². The molecule has 1 aromatic rings. The first kappa shape index (κ1) is 13.4. The molecule has 0 aliphatic carbocycles. The summed E-state index contributed by atoms with van der Waals surface area (Å²) in [7, 11) is 0. The summed E-state index contributed by atoms with van der Waals surface area (Å²) in [4.78, 5) is 0. The van der Waals surface area contributed by atoms with Gasteiger partial charge in [-0.25, -0.2) is 0 Å². The minimum atomic E-state index is -4.33. The molecule has 5 heteroatoms. The molecule has 0 saturated carbocycles.